The van der Waals surface area contributed by atoms with Gasteiger partial charge in [-0.2, -0.15) is 0 Å². The van der Waals surface area contributed by atoms with E-state index in [1.165, 1.54) is 19.2 Å². The minimum absolute atomic E-state index is 0.139. The summed E-state index contributed by atoms with van der Waals surface area (Å²) < 4.78 is 38.2. The first-order chi connectivity index (χ1) is 12.6. The van der Waals surface area contributed by atoms with E-state index in [0.717, 1.165) is 18.2 Å². The van der Waals surface area contributed by atoms with Gasteiger partial charge in [-0.15, -0.1) is 0 Å². The molecular formula is C17H19ClN2O6S. The number of ether oxygens (including phenoxy) is 2. The highest BCUT2D eigenvalue weighted by atomic mass is 35.5. The molecule has 2 aromatic rings. The average Bonchev–Trinajstić information content (AvgIpc) is 2.59. The molecule has 0 atom stereocenters. The topological polar surface area (TPSA) is 108 Å². The first kappa shape index (κ1) is 20.8. The molecule has 1 N–H and O–H groups in total. The zero-order valence-electron chi connectivity index (χ0n) is 14.9. The van der Waals surface area contributed by atoms with Gasteiger partial charge in [-0.1, -0.05) is 25.4 Å². The Morgan fingerprint density at radius 1 is 1.19 bits per heavy atom. The lowest BCUT2D eigenvalue weighted by molar-refractivity contribution is -0.385. The van der Waals surface area contributed by atoms with Crippen LogP contribution in [-0.4, -0.2) is 27.1 Å². The summed E-state index contributed by atoms with van der Waals surface area (Å²) in [5.74, 6) is 0.620. The van der Waals surface area contributed by atoms with Crippen molar-refractivity contribution in [2.45, 2.75) is 18.7 Å². The maximum Gasteiger partial charge on any atom is 0.273 e. The Morgan fingerprint density at radius 2 is 1.89 bits per heavy atom. The number of sulfonamides is 1. The van der Waals surface area contributed by atoms with Crippen LogP contribution in [0, 0.1) is 16.0 Å². The van der Waals surface area contributed by atoms with Gasteiger partial charge in [0.2, 0.25) is 0 Å². The van der Waals surface area contributed by atoms with Crippen molar-refractivity contribution >= 4 is 33.0 Å². The van der Waals surface area contributed by atoms with Crippen LogP contribution in [0.2, 0.25) is 5.02 Å². The first-order valence-electron chi connectivity index (χ1n) is 7.91. The van der Waals surface area contributed by atoms with E-state index in [0.29, 0.717) is 18.3 Å². The average molecular weight is 415 g/mol. The molecule has 0 radical (unpaired) electrons. The third-order valence-electron chi connectivity index (χ3n) is 3.40. The lowest BCUT2D eigenvalue weighted by Gasteiger charge is -2.14. The van der Waals surface area contributed by atoms with Crippen LogP contribution in [0.4, 0.5) is 11.4 Å². The highest BCUT2D eigenvalue weighted by Crippen LogP contribution is 2.32. The number of methoxy groups -OCH3 is 1. The van der Waals surface area contributed by atoms with Gasteiger partial charge in [-0.05, 0) is 30.2 Å². The number of nitrogens with zero attached hydrogens (tertiary/aromatic N) is 1. The Hall–Kier alpha value is -2.52. The van der Waals surface area contributed by atoms with E-state index in [-0.39, 0.29) is 27.0 Å². The van der Waals surface area contributed by atoms with Crippen molar-refractivity contribution in [3.05, 3.63) is 51.5 Å². The molecule has 0 fully saturated rings. The first-order valence-corrected chi connectivity index (χ1v) is 9.77. The lowest BCUT2D eigenvalue weighted by atomic mass is 10.2. The molecule has 0 aliphatic heterocycles. The molecule has 0 aliphatic rings. The van der Waals surface area contributed by atoms with E-state index in [1.807, 2.05) is 13.8 Å². The Labute approximate surface area is 162 Å². The Bertz CT molecular complexity index is 946. The van der Waals surface area contributed by atoms with Gasteiger partial charge >= 0.3 is 0 Å². The molecule has 0 unspecified atom stereocenters. The molecule has 0 heterocycles. The van der Waals surface area contributed by atoms with Crippen molar-refractivity contribution < 1.29 is 22.8 Å². The molecule has 0 aliphatic carbocycles. The molecule has 0 amide bonds. The van der Waals surface area contributed by atoms with Crippen molar-refractivity contribution in [1.29, 1.82) is 0 Å². The van der Waals surface area contributed by atoms with E-state index in [2.05, 4.69) is 4.72 Å². The summed E-state index contributed by atoms with van der Waals surface area (Å²) in [6.07, 6.45) is 0. The van der Waals surface area contributed by atoms with Gasteiger partial charge in [0.25, 0.3) is 15.7 Å². The smallest absolute Gasteiger partial charge is 0.273 e. The van der Waals surface area contributed by atoms with Crippen LogP contribution in [0.1, 0.15) is 13.8 Å². The number of rotatable bonds is 8. The molecule has 0 aromatic heterocycles. The standard InChI is InChI=1S/C17H19ClN2O6S/c1-11(2)10-26-15-6-4-12(8-14(15)18)19-27(23,24)17-7-5-13(20(21)22)9-16(17)25-3/h4-9,11,19H,10H2,1-3H3. The van der Waals surface area contributed by atoms with E-state index < -0.39 is 14.9 Å². The van der Waals surface area contributed by atoms with Gasteiger partial charge in [-0.25, -0.2) is 8.42 Å². The van der Waals surface area contributed by atoms with Crippen molar-refractivity contribution in [3.8, 4) is 11.5 Å². The van der Waals surface area contributed by atoms with E-state index in [1.54, 1.807) is 6.07 Å². The van der Waals surface area contributed by atoms with Gasteiger partial charge in [-0.3, -0.25) is 14.8 Å². The summed E-state index contributed by atoms with van der Waals surface area (Å²) in [4.78, 5) is 9.98. The zero-order chi connectivity index (χ0) is 20.2. The van der Waals surface area contributed by atoms with Crippen LogP contribution in [-0.2, 0) is 10.0 Å². The molecule has 0 spiro atoms. The number of hydrogen-bond acceptors (Lipinski definition) is 6. The molecule has 27 heavy (non-hydrogen) atoms. The zero-order valence-corrected chi connectivity index (χ0v) is 16.5. The predicted octanol–water partition coefficient (Wildman–Crippen LogP) is 4.09. The lowest BCUT2D eigenvalue weighted by Crippen LogP contribution is -2.14. The highest BCUT2D eigenvalue weighted by molar-refractivity contribution is 7.92. The van der Waals surface area contributed by atoms with Crippen LogP contribution in [0.25, 0.3) is 0 Å². The van der Waals surface area contributed by atoms with Gasteiger partial charge in [0.1, 0.15) is 16.4 Å². The van der Waals surface area contributed by atoms with Crippen LogP contribution >= 0.6 is 11.6 Å². The van der Waals surface area contributed by atoms with Crippen molar-refractivity contribution in [2.24, 2.45) is 5.92 Å². The van der Waals surface area contributed by atoms with Crippen LogP contribution in [0.3, 0.4) is 0 Å². The number of anilines is 1. The molecule has 0 saturated heterocycles. The number of nitrogens with one attached hydrogen (secondary N) is 1. The molecule has 0 bridgehead atoms. The summed E-state index contributed by atoms with van der Waals surface area (Å²) in [6.45, 7) is 4.47. The number of non-ortho nitro benzene ring substituents is 1. The number of halogens is 1. The molecule has 0 saturated carbocycles. The quantitative estimate of drug-likeness (QED) is 0.514. The second-order valence-corrected chi connectivity index (χ2v) is 8.11. The Morgan fingerprint density at radius 3 is 2.44 bits per heavy atom. The molecule has 2 rings (SSSR count). The van der Waals surface area contributed by atoms with Gasteiger partial charge < -0.3 is 9.47 Å². The number of hydrogen-bond donors (Lipinski definition) is 1. The summed E-state index contributed by atoms with van der Waals surface area (Å²) >= 11 is 6.14. The van der Waals surface area contributed by atoms with Crippen LogP contribution in [0.5, 0.6) is 11.5 Å². The summed E-state index contributed by atoms with van der Waals surface area (Å²) in [7, 11) is -2.82. The summed E-state index contributed by atoms with van der Waals surface area (Å²) in [5, 5.41) is 11.1. The van der Waals surface area contributed by atoms with Crippen molar-refractivity contribution in [3.63, 3.8) is 0 Å². The fraction of sp³-hybridized carbons (Fsp3) is 0.294. The predicted molar refractivity (Wildman–Crippen MR) is 102 cm³/mol. The summed E-state index contributed by atoms with van der Waals surface area (Å²) in [6, 6.07) is 7.75. The van der Waals surface area contributed by atoms with E-state index in [4.69, 9.17) is 21.1 Å². The minimum Gasteiger partial charge on any atom is -0.495 e. The monoisotopic (exact) mass is 414 g/mol. The van der Waals surface area contributed by atoms with Gasteiger partial charge in [0.05, 0.1) is 35.4 Å². The van der Waals surface area contributed by atoms with E-state index >= 15 is 0 Å². The van der Waals surface area contributed by atoms with Crippen molar-refractivity contribution in [1.82, 2.24) is 0 Å². The Kier molecular flexibility index (Phi) is 6.50. The molecule has 146 valence electrons. The van der Waals surface area contributed by atoms with E-state index in [9.17, 15) is 18.5 Å². The third-order valence-corrected chi connectivity index (χ3v) is 5.12. The molecular weight excluding hydrogens is 396 g/mol. The SMILES string of the molecule is COc1cc([N+](=O)[O-])ccc1S(=O)(=O)Nc1ccc(OCC(C)C)c(Cl)c1. The third kappa shape index (κ3) is 5.24. The largest absolute Gasteiger partial charge is 0.495 e. The number of benzene rings is 2. The number of nitro groups is 1. The Balaban J connectivity index is 2.28. The number of nitro benzene ring substituents is 1. The second kappa shape index (κ2) is 8.45. The van der Waals surface area contributed by atoms with Crippen molar-refractivity contribution in [2.75, 3.05) is 18.4 Å². The summed E-state index contributed by atoms with van der Waals surface area (Å²) in [5.41, 5.74) is -0.0576. The van der Waals surface area contributed by atoms with Gasteiger partial charge in [0, 0.05) is 6.07 Å². The van der Waals surface area contributed by atoms with Gasteiger partial charge in [0.15, 0.2) is 0 Å². The van der Waals surface area contributed by atoms with Crippen LogP contribution < -0.4 is 14.2 Å². The highest BCUT2D eigenvalue weighted by Gasteiger charge is 2.22. The normalized spacial score (nSPS) is 11.3. The maximum absolute atomic E-state index is 12.6. The maximum atomic E-state index is 12.6. The fourth-order valence-electron chi connectivity index (χ4n) is 2.14. The van der Waals surface area contributed by atoms with Crippen LogP contribution in [0.15, 0.2) is 41.3 Å². The second-order valence-electron chi connectivity index (χ2n) is 6.05. The molecule has 8 nitrogen and oxygen atoms in total. The molecule has 2 aromatic carbocycles. The fourth-order valence-corrected chi connectivity index (χ4v) is 3.58. The minimum atomic E-state index is -4.05. The molecule has 10 heteroatoms.